The molecule has 0 aliphatic carbocycles. The summed E-state index contributed by atoms with van der Waals surface area (Å²) in [6.07, 6.45) is 0.393. The average molecular weight is 267 g/mol. The quantitative estimate of drug-likeness (QED) is 0.831. The van der Waals surface area contributed by atoms with Crippen LogP contribution in [0.2, 0.25) is 5.02 Å². The molecule has 0 radical (unpaired) electrons. The zero-order chi connectivity index (χ0) is 13.1. The van der Waals surface area contributed by atoms with E-state index in [2.05, 4.69) is 14.7 Å². The number of H-pyrrole nitrogens is 2. The number of rotatable bonds is 3. The van der Waals surface area contributed by atoms with Crippen molar-refractivity contribution in [2.75, 3.05) is 7.11 Å². The zero-order valence-electron chi connectivity index (χ0n) is 9.62. The second kappa shape index (κ2) is 5.10. The minimum absolute atomic E-state index is 0.141. The molecular formula is C12H11ClN2O3. The number of methoxy groups -OCH3 is 1. The number of carbonyl (C=O) groups is 1. The number of aromatic amines is 2. The lowest BCUT2D eigenvalue weighted by atomic mass is 10.1. The number of hydrogen-bond donors (Lipinski definition) is 2. The smallest absolute Gasteiger partial charge is 0.356 e. The van der Waals surface area contributed by atoms with Gasteiger partial charge in [-0.15, -0.1) is 0 Å². The standard InChI is InChI=1S/C12H11ClN2O3/c1-18-11(16)10-9(14-12(17)15-10)6-7-3-2-4-8(13)5-7/h2-5H,6H2,1H3,(H2,14,15,17). The van der Waals surface area contributed by atoms with Crippen LogP contribution in [0.15, 0.2) is 29.1 Å². The van der Waals surface area contributed by atoms with Gasteiger partial charge in [0, 0.05) is 11.4 Å². The van der Waals surface area contributed by atoms with Gasteiger partial charge in [-0.3, -0.25) is 4.98 Å². The van der Waals surface area contributed by atoms with Crippen molar-refractivity contribution in [2.24, 2.45) is 0 Å². The van der Waals surface area contributed by atoms with Crippen molar-refractivity contribution in [1.29, 1.82) is 0 Å². The molecule has 0 unspecified atom stereocenters. The van der Waals surface area contributed by atoms with E-state index in [0.29, 0.717) is 17.1 Å². The summed E-state index contributed by atoms with van der Waals surface area (Å²) in [5.41, 5.74) is 1.08. The van der Waals surface area contributed by atoms with Gasteiger partial charge in [0.05, 0.1) is 12.8 Å². The summed E-state index contributed by atoms with van der Waals surface area (Å²) in [7, 11) is 1.26. The third-order valence-corrected chi connectivity index (χ3v) is 2.70. The van der Waals surface area contributed by atoms with E-state index in [4.69, 9.17) is 11.6 Å². The maximum absolute atomic E-state index is 11.5. The van der Waals surface area contributed by atoms with Crippen LogP contribution in [0.5, 0.6) is 0 Å². The molecule has 0 saturated carbocycles. The maximum atomic E-state index is 11.5. The molecule has 2 N–H and O–H groups in total. The van der Waals surface area contributed by atoms with Gasteiger partial charge in [0.15, 0.2) is 0 Å². The lowest BCUT2D eigenvalue weighted by Crippen LogP contribution is -2.07. The van der Waals surface area contributed by atoms with Crippen molar-refractivity contribution in [3.63, 3.8) is 0 Å². The Kier molecular flexibility index (Phi) is 3.53. The maximum Gasteiger partial charge on any atom is 0.356 e. The highest BCUT2D eigenvalue weighted by molar-refractivity contribution is 6.30. The first-order valence-electron chi connectivity index (χ1n) is 5.24. The molecule has 2 rings (SSSR count). The Morgan fingerprint density at radius 1 is 1.39 bits per heavy atom. The van der Waals surface area contributed by atoms with E-state index in [0.717, 1.165) is 5.56 Å². The second-order valence-corrected chi connectivity index (χ2v) is 4.17. The summed E-state index contributed by atoms with van der Waals surface area (Å²) in [6, 6.07) is 7.19. The fourth-order valence-corrected chi connectivity index (χ4v) is 1.89. The molecule has 5 nitrogen and oxygen atoms in total. The van der Waals surface area contributed by atoms with E-state index < -0.39 is 11.7 Å². The van der Waals surface area contributed by atoms with Crippen LogP contribution in [0.25, 0.3) is 0 Å². The topological polar surface area (TPSA) is 75.0 Å². The van der Waals surface area contributed by atoms with Gasteiger partial charge >= 0.3 is 11.7 Å². The van der Waals surface area contributed by atoms with Crippen LogP contribution >= 0.6 is 11.6 Å². The van der Waals surface area contributed by atoms with E-state index in [1.165, 1.54) is 7.11 Å². The van der Waals surface area contributed by atoms with E-state index in [1.807, 2.05) is 6.07 Å². The van der Waals surface area contributed by atoms with Crippen molar-refractivity contribution >= 4 is 17.6 Å². The lowest BCUT2D eigenvalue weighted by Gasteiger charge is -2.02. The fraction of sp³-hybridized carbons (Fsp3) is 0.167. The number of imidazole rings is 1. The summed E-state index contributed by atoms with van der Waals surface area (Å²) in [6.45, 7) is 0. The highest BCUT2D eigenvalue weighted by Crippen LogP contribution is 2.15. The predicted molar refractivity (Wildman–Crippen MR) is 67.0 cm³/mol. The number of hydrogen-bond acceptors (Lipinski definition) is 3. The Balaban J connectivity index is 2.34. The summed E-state index contributed by atoms with van der Waals surface area (Å²) in [4.78, 5) is 27.7. The van der Waals surface area contributed by atoms with Crippen molar-refractivity contribution in [2.45, 2.75) is 6.42 Å². The summed E-state index contributed by atoms with van der Waals surface area (Å²) in [5.74, 6) is -0.578. The van der Waals surface area contributed by atoms with Crippen molar-refractivity contribution in [3.8, 4) is 0 Å². The van der Waals surface area contributed by atoms with Gasteiger partial charge < -0.3 is 9.72 Å². The molecule has 1 aromatic carbocycles. The van der Waals surface area contributed by atoms with Crippen molar-refractivity contribution in [1.82, 2.24) is 9.97 Å². The summed E-state index contributed by atoms with van der Waals surface area (Å²) >= 11 is 5.87. The Morgan fingerprint density at radius 2 is 2.17 bits per heavy atom. The minimum atomic E-state index is -0.578. The Bertz CT molecular complexity index is 630. The van der Waals surface area contributed by atoms with E-state index in [1.54, 1.807) is 18.2 Å². The fourth-order valence-electron chi connectivity index (χ4n) is 1.68. The van der Waals surface area contributed by atoms with Crippen LogP contribution in [0.4, 0.5) is 0 Å². The lowest BCUT2D eigenvalue weighted by molar-refractivity contribution is 0.0593. The molecule has 0 saturated heterocycles. The Labute approximate surface area is 108 Å². The molecule has 0 aliphatic rings. The number of carbonyl (C=O) groups excluding carboxylic acids is 1. The molecule has 0 atom stereocenters. The third-order valence-electron chi connectivity index (χ3n) is 2.46. The SMILES string of the molecule is COC(=O)c1[nH]c(=O)[nH]c1Cc1cccc(Cl)c1. The monoisotopic (exact) mass is 266 g/mol. The highest BCUT2D eigenvalue weighted by Gasteiger charge is 2.15. The number of aromatic nitrogens is 2. The molecule has 0 spiro atoms. The number of benzene rings is 1. The molecule has 6 heteroatoms. The van der Waals surface area contributed by atoms with Gasteiger partial charge in [0.2, 0.25) is 0 Å². The zero-order valence-corrected chi connectivity index (χ0v) is 10.4. The van der Waals surface area contributed by atoms with Crippen LogP contribution in [0.3, 0.4) is 0 Å². The number of ether oxygens (including phenoxy) is 1. The number of halogens is 1. The Morgan fingerprint density at radius 3 is 2.83 bits per heavy atom. The van der Waals surface area contributed by atoms with Gasteiger partial charge in [0.1, 0.15) is 5.69 Å². The first kappa shape index (κ1) is 12.4. The number of esters is 1. The molecular weight excluding hydrogens is 256 g/mol. The van der Waals surface area contributed by atoms with Crippen molar-refractivity contribution < 1.29 is 9.53 Å². The molecule has 0 fully saturated rings. The molecule has 94 valence electrons. The van der Waals surface area contributed by atoms with Gasteiger partial charge in [-0.05, 0) is 17.7 Å². The van der Waals surface area contributed by atoms with Crippen LogP contribution in [0, 0.1) is 0 Å². The average Bonchev–Trinajstić information content (AvgIpc) is 2.69. The first-order valence-corrected chi connectivity index (χ1v) is 5.62. The molecule has 18 heavy (non-hydrogen) atoms. The van der Waals surface area contributed by atoms with Gasteiger partial charge in [0.25, 0.3) is 0 Å². The molecule has 1 aromatic heterocycles. The van der Waals surface area contributed by atoms with Gasteiger partial charge in [-0.1, -0.05) is 23.7 Å². The van der Waals surface area contributed by atoms with E-state index in [-0.39, 0.29) is 5.69 Å². The van der Waals surface area contributed by atoms with Crippen LogP contribution in [-0.2, 0) is 11.2 Å². The largest absolute Gasteiger partial charge is 0.464 e. The predicted octanol–water partition coefficient (Wildman–Crippen LogP) is 1.73. The van der Waals surface area contributed by atoms with E-state index >= 15 is 0 Å². The Hall–Kier alpha value is -2.01. The normalized spacial score (nSPS) is 10.3. The summed E-state index contributed by atoms with van der Waals surface area (Å²) in [5, 5.41) is 0.602. The van der Waals surface area contributed by atoms with Crippen LogP contribution in [0.1, 0.15) is 21.7 Å². The molecule has 0 bridgehead atoms. The number of nitrogens with one attached hydrogen (secondary N) is 2. The molecule has 2 aromatic rings. The van der Waals surface area contributed by atoms with Crippen molar-refractivity contribution in [3.05, 3.63) is 56.7 Å². The molecule has 0 amide bonds. The second-order valence-electron chi connectivity index (χ2n) is 3.73. The third kappa shape index (κ3) is 2.62. The van der Waals surface area contributed by atoms with Gasteiger partial charge in [-0.2, -0.15) is 0 Å². The first-order chi connectivity index (χ1) is 8.60. The minimum Gasteiger partial charge on any atom is -0.464 e. The summed E-state index contributed by atoms with van der Waals surface area (Å²) < 4.78 is 4.60. The van der Waals surface area contributed by atoms with Crippen LogP contribution in [-0.4, -0.2) is 23.0 Å². The molecule has 0 aliphatic heterocycles. The highest BCUT2D eigenvalue weighted by atomic mass is 35.5. The molecule has 1 heterocycles. The van der Waals surface area contributed by atoms with Gasteiger partial charge in [-0.25, -0.2) is 9.59 Å². The van der Waals surface area contributed by atoms with Crippen LogP contribution < -0.4 is 5.69 Å². The van der Waals surface area contributed by atoms with E-state index in [9.17, 15) is 9.59 Å².